The lowest BCUT2D eigenvalue weighted by molar-refractivity contribution is 0.600. The second kappa shape index (κ2) is 6.05. The molecule has 3 nitrogen and oxygen atoms in total. The lowest BCUT2D eigenvalue weighted by Gasteiger charge is -2.08. The average molecular weight is 255 g/mol. The van der Waals surface area contributed by atoms with Crippen molar-refractivity contribution in [3.8, 4) is 0 Å². The van der Waals surface area contributed by atoms with Crippen LogP contribution in [-0.4, -0.2) is 27.0 Å². The summed E-state index contributed by atoms with van der Waals surface area (Å²) in [6.45, 7) is 5.01. The van der Waals surface area contributed by atoms with Crippen molar-refractivity contribution in [1.82, 2.24) is 0 Å². The third-order valence-corrected chi connectivity index (χ3v) is 3.63. The van der Waals surface area contributed by atoms with Crippen LogP contribution in [-0.2, 0) is 9.84 Å². The fraction of sp³-hybridized carbons (Fsp3) is 0.538. The van der Waals surface area contributed by atoms with Crippen LogP contribution in [0.3, 0.4) is 0 Å². The van der Waals surface area contributed by atoms with Gasteiger partial charge in [-0.1, -0.05) is 26.0 Å². The summed E-state index contributed by atoms with van der Waals surface area (Å²) in [6, 6.07) is 8.28. The molecule has 0 saturated carbocycles. The molecule has 1 aromatic rings. The Balaban J connectivity index is 2.37. The molecular formula is C13H21NO2S. The summed E-state index contributed by atoms with van der Waals surface area (Å²) in [5, 5.41) is 3.22. The van der Waals surface area contributed by atoms with E-state index in [1.165, 1.54) is 11.8 Å². The lowest BCUT2D eigenvalue weighted by Crippen LogP contribution is -2.09. The number of hydrogen-bond donors (Lipinski definition) is 1. The second-order valence-electron chi connectivity index (χ2n) is 4.69. The van der Waals surface area contributed by atoms with Gasteiger partial charge in [-0.25, -0.2) is 8.42 Å². The van der Waals surface area contributed by atoms with Gasteiger partial charge in [0.05, 0.1) is 5.75 Å². The highest BCUT2D eigenvalue weighted by molar-refractivity contribution is 7.90. The van der Waals surface area contributed by atoms with Crippen molar-refractivity contribution in [2.75, 3.05) is 23.9 Å². The van der Waals surface area contributed by atoms with E-state index in [0.29, 0.717) is 18.9 Å². The van der Waals surface area contributed by atoms with Crippen LogP contribution in [0.15, 0.2) is 24.3 Å². The van der Waals surface area contributed by atoms with E-state index < -0.39 is 9.84 Å². The van der Waals surface area contributed by atoms with Crippen molar-refractivity contribution in [3.05, 3.63) is 29.8 Å². The maximum absolute atomic E-state index is 10.9. The van der Waals surface area contributed by atoms with Crippen LogP contribution in [0.2, 0.25) is 0 Å². The van der Waals surface area contributed by atoms with E-state index in [1.54, 1.807) is 0 Å². The summed E-state index contributed by atoms with van der Waals surface area (Å²) < 4.78 is 21.9. The van der Waals surface area contributed by atoms with E-state index in [9.17, 15) is 8.42 Å². The Labute approximate surface area is 104 Å². The topological polar surface area (TPSA) is 46.2 Å². The summed E-state index contributed by atoms with van der Waals surface area (Å²) in [6.07, 6.45) is 1.91. The minimum atomic E-state index is -2.84. The quantitative estimate of drug-likeness (QED) is 0.795. The normalized spacial score (nSPS) is 11.8. The minimum Gasteiger partial charge on any atom is -0.385 e. The molecular weight excluding hydrogens is 234 g/mol. The van der Waals surface area contributed by atoms with Crippen molar-refractivity contribution in [2.24, 2.45) is 0 Å². The second-order valence-corrected chi connectivity index (χ2v) is 6.95. The summed E-state index contributed by atoms with van der Waals surface area (Å²) in [4.78, 5) is 0. The Kier molecular flexibility index (Phi) is 5.00. The Hall–Kier alpha value is -1.03. The minimum absolute atomic E-state index is 0.240. The molecule has 0 radical (unpaired) electrons. The van der Waals surface area contributed by atoms with E-state index in [-0.39, 0.29) is 5.75 Å². The molecule has 1 N–H and O–H groups in total. The standard InChI is InChI=1S/C13H21NO2S/c1-11(2)12-5-7-13(8-6-12)14-9-4-10-17(3,15)16/h5-8,11,14H,4,9-10H2,1-3H3. The summed E-state index contributed by atoms with van der Waals surface area (Å²) in [5.41, 5.74) is 2.36. The van der Waals surface area contributed by atoms with Crippen molar-refractivity contribution >= 4 is 15.5 Å². The molecule has 0 aliphatic carbocycles. The van der Waals surface area contributed by atoms with E-state index >= 15 is 0 Å². The first kappa shape index (κ1) is 14.0. The zero-order chi connectivity index (χ0) is 12.9. The van der Waals surface area contributed by atoms with E-state index in [4.69, 9.17) is 0 Å². The van der Waals surface area contributed by atoms with Crippen molar-refractivity contribution < 1.29 is 8.42 Å². The Morgan fingerprint density at radius 3 is 2.24 bits per heavy atom. The molecule has 0 aliphatic heterocycles. The first-order valence-electron chi connectivity index (χ1n) is 5.90. The third-order valence-electron chi connectivity index (χ3n) is 2.60. The number of rotatable bonds is 6. The number of anilines is 1. The number of nitrogens with one attached hydrogen (secondary N) is 1. The number of hydrogen-bond acceptors (Lipinski definition) is 3. The van der Waals surface area contributed by atoms with Gasteiger partial charge in [-0.2, -0.15) is 0 Å². The van der Waals surface area contributed by atoms with Gasteiger partial charge in [-0.15, -0.1) is 0 Å². The Morgan fingerprint density at radius 2 is 1.76 bits per heavy atom. The molecule has 0 aromatic heterocycles. The van der Waals surface area contributed by atoms with E-state index in [0.717, 1.165) is 5.69 Å². The van der Waals surface area contributed by atoms with Gasteiger partial charge in [-0.3, -0.25) is 0 Å². The highest BCUT2D eigenvalue weighted by atomic mass is 32.2. The van der Waals surface area contributed by atoms with Gasteiger partial charge >= 0.3 is 0 Å². The van der Waals surface area contributed by atoms with E-state index in [2.05, 4.69) is 31.3 Å². The Bertz CT molecular complexity index is 435. The highest BCUT2D eigenvalue weighted by Gasteiger charge is 2.01. The largest absolute Gasteiger partial charge is 0.385 e. The van der Waals surface area contributed by atoms with Gasteiger partial charge in [0.25, 0.3) is 0 Å². The maximum Gasteiger partial charge on any atom is 0.147 e. The van der Waals surface area contributed by atoms with Gasteiger partial charge in [0.2, 0.25) is 0 Å². The van der Waals surface area contributed by atoms with Crippen LogP contribution in [0.4, 0.5) is 5.69 Å². The van der Waals surface area contributed by atoms with E-state index in [1.807, 2.05) is 12.1 Å². The molecule has 1 aromatic carbocycles. The molecule has 0 atom stereocenters. The molecule has 0 bridgehead atoms. The maximum atomic E-state index is 10.9. The predicted molar refractivity (Wildman–Crippen MR) is 73.3 cm³/mol. The summed E-state index contributed by atoms with van der Waals surface area (Å²) in [7, 11) is -2.84. The molecule has 1 rings (SSSR count). The first-order chi connectivity index (χ1) is 7.88. The molecule has 0 amide bonds. The van der Waals surface area contributed by atoms with Crippen LogP contribution >= 0.6 is 0 Å². The van der Waals surface area contributed by atoms with Crippen LogP contribution in [0.5, 0.6) is 0 Å². The predicted octanol–water partition coefficient (Wildman–Crippen LogP) is 2.66. The van der Waals surface area contributed by atoms with Gasteiger partial charge in [0, 0.05) is 18.5 Å². The highest BCUT2D eigenvalue weighted by Crippen LogP contribution is 2.16. The molecule has 0 aliphatic rings. The van der Waals surface area contributed by atoms with Crippen molar-refractivity contribution in [3.63, 3.8) is 0 Å². The molecule has 0 saturated heterocycles. The monoisotopic (exact) mass is 255 g/mol. The number of sulfone groups is 1. The van der Waals surface area contributed by atoms with Crippen molar-refractivity contribution in [1.29, 1.82) is 0 Å². The van der Waals surface area contributed by atoms with Crippen LogP contribution in [0.1, 0.15) is 31.7 Å². The molecule has 0 fully saturated rings. The van der Waals surface area contributed by atoms with Gasteiger partial charge in [0.1, 0.15) is 9.84 Å². The molecule has 0 spiro atoms. The fourth-order valence-corrected chi connectivity index (χ4v) is 2.22. The van der Waals surface area contributed by atoms with Crippen molar-refractivity contribution in [2.45, 2.75) is 26.2 Å². The van der Waals surface area contributed by atoms with Gasteiger partial charge in [0.15, 0.2) is 0 Å². The molecule has 96 valence electrons. The smallest absolute Gasteiger partial charge is 0.147 e. The molecule has 17 heavy (non-hydrogen) atoms. The summed E-state index contributed by atoms with van der Waals surface area (Å²) in [5.74, 6) is 0.777. The van der Waals surface area contributed by atoms with Crippen LogP contribution in [0.25, 0.3) is 0 Å². The SMILES string of the molecule is CC(C)c1ccc(NCCCS(C)(=O)=O)cc1. The average Bonchev–Trinajstić information content (AvgIpc) is 2.24. The first-order valence-corrected chi connectivity index (χ1v) is 7.96. The molecule has 0 unspecified atom stereocenters. The fourth-order valence-electron chi connectivity index (χ4n) is 1.55. The third kappa shape index (κ3) is 5.73. The van der Waals surface area contributed by atoms with Gasteiger partial charge < -0.3 is 5.32 Å². The zero-order valence-corrected chi connectivity index (χ0v) is 11.5. The summed E-state index contributed by atoms with van der Waals surface area (Å²) >= 11 is 0. The van der Waals surface area contributed by atoms with Crippen LogP contribution < -0.4 is 5.32 Å². The van der Waals surface area contributed by atoms with Crippen LogP contribution in [0, 0.1) is 0 Å². The zero-order valence-electron chi connectivity index (χ0n) is 10.7. The van der Waals surface area contributed by atoms with Gasteiger partial charge in [-0.05, 0) is 30.0 Å². The number of benzene rings is 1. The lowest BCUT2D eigenvalue weighted by atomic mass is 10.0. The molecule has 0 heterocycles. The molecule has 4 heteroatoms. The Morgan fingerprint density at radius 1 is 1.18 bits per heavy atom.